The van der Waals surface area contributed by atoms with Gasteiger partial charge in [-0.3, -0.25) is 13.9 Å². The molecule has 2 amide bonds. The minimum Gasteiger partial charge on any atom is -0.352 e. The summed E-state index contributed by atoms with van der Waals surface area (Å²) in [5.74, 6) is -0.758. The number of nitrogens with zero attached hydrogens (tertiary/aromatic N) is 2. The van der Waals surface area contributed by atoms with E-state index in [2.05, 4.69) is 5.32 Å². The monoisotopic (exact) mass is 553 g/mol. The van der Waals surface area contributed by atoms with Gasteiger partial charge in [-0.15, -0.1) is 0 Å². The molecule has 0 unspecified atom stereocenters. The minimum absolute atomic E-state index is 0.0741. The topological polar surface area (TPSA) is 86.8 Å². The Morgan fingerprint density at radius 2 is 1.58 bits per heavy atom. The number of nitrogens with one attached hydrogen (secondary N) is 1. The van der Waals surface area contributed by atoms with E-state index in [0.29, 0.717) is 10.7 Å². The second-order valence-electron chi connectivity index (χ2n) is 9.48. The van der Waals surface area contributed by atoms with E-state index < -0.39 is 28.5 Å². The summed E-state index contributed by atoms with van der Waals surface area (Å²) in [5.41, 5.74) is 1.10. The molecule has 0 bridgehead atoms. The molecule has 38 heavy (non-hydrogen) atoms. The van der Waals surface area contributed by atoms with Crippen LogP contribution in [0.4, 0.5) is 5.69 Å². The molecule has 1 atom stereocenters. The summed E-state index contributed by atoms with van der Waals surface area (Å²) in [6, 6.07) is 22.8. The van der Waals surface area contributed by atoms with Gasteiger partial charge in [-0.2, -0.15) is 0 Å². The Labute approximate surface area is 229 Å². The Balaban J connectivity index is 1.66. The van der Waals surface area contributed by atoms with Crippen molar-refractivity contribution >= 4 is 39.1 Å². The number of hydrogen-bond acceptors (Lipinski definition) is 4. The largest absolute Gasteiger partial charge is 0.352 e. The molecule has 3 aromatic carbocycles. The van der Waals surface area contributed by atoms with Gasteiger partial charge in [0.2, 0.25) is 11.8 Å². The maximum atomic E-state index is 13.9. The molecule has 1 aliphatic carbocycles. The molecule has 0 radical (unpaired) electrons. The van der Waals surface area contributed by atoms with Crippen LogP contribution in [0.5, 0.6) is 0 Å². The average molecular weight is 554 g/mol. The molecule has 9 heteroatoms. The van der Waals surface area contributed by atoms with Crippen LogP contribution in [0.15, 0.2) is 89.8 Å². The van der Waals surface area contributed by atoms with Crippen molar-refractivity contribution in [1.82, 2.24) is 10.2 Å². The zero-order valence-electron chi connectivity index (χ0n) is 21.3. The first kappa shape index (κ1) is 27.7. The highest BCUT2D eigenvalue weighted by Crippen LogP contribution is 2.25. The lowest BCUT2D eigenvalue weighted by Crippen LogP contribution is -2.52. The van der Waals surface area contributed by atoms with E-state index in [9.17, 15) is 18.0 Å². The van der Waals surface area contributed by atoms with Crippen molar-refractivity contribution in [3.05, 3.63) is 95.5 Å². The van der Waals surface area contributed by atoms with Gasteiger partial charge < -0.3 is 10.2 Å². The zero-order chi connectivity index (χ0) is 27.1. The van der Waals surface area contributed by atoms with Crippen LogP contribution < -0.4 is 9.62 Å². The molecule has 3 aromatic rings. The highest BCUT2D eigenvalue weighted by Gasteiger charge is 2.33. The summed E-state index contributed by atoms with van der Waals surface area (Å²) in [7, 11) is -4.06. The summed E-state index contributed by atoms with van der Waals surface area (Å²) >= 11 is 6.19. The summed E-state index contributed by atoms with van der Waals surface area (Å²) in [6.45, 7) is 1.31. The fraction of sp³-hybridized carbons (Fsp3) is 0.310. The molecule has 1 fully saturated rings. The van der Waals surface area contributed by atoms with Crippen molar-refractivity contribution in [2.75, 3.05) is 10.8 Å². The van der Waals surface area contributed by atoms with Gasteiger partial charge in [-0.05, 0) is 61.7 Å². The number of anilines is 1. The Bertz CT molecular complexity index is 1350. The van der Waals surface area contributed by atoms with E-state index in [4.69, 9.17) is 11.6 Å². The molecule has 4 rings (SSSR count). The maximum Gasteiger partial charge on any atom is 0.264 e. The van der Waals surface area contributed by atoms with Crippen LogP contribution in [0.2, 0.25) is 5.02 Å². The van der Waals surface area contributed by atoms with Gasteiger partial charge in [0.05, 0.1) is 10.6 Å². The van der Waals surface area contributed by atoms with Gasteiger partial charge in [0.25, 0.3) is 10.0 Å². The Kier molecular flexibility index (Phi) is 9.07. The summed E-state index contributed by atoms with van der Waals surface area (Å²) in [4.78, 5) is 28.6. The SMILES string of the molecule is C[C@@H](C(=O)NC1CCCC1)N(Cc1cccc(Cl)c1)C(=O)CN(c1ccccc1)S(=O)(=O)c1ccccc1. The number of rotatable bonds is 10. The van der Waals surface area contributed by atoms with Gasteiger partial charge in [0.1, 0.15) is 12.6 Å². The van der Waals surface area contributed by atoms with Crippen LogP contribution in [0.3, 0.4) is 0 Å². The molecule has 1 aliphatic rings. The molecular weight excluding hydrogens is 522 g/mol. The van der Waals surface area contributed by atoms with Gasteiger partial charge in [0, 0.05) is 17.6 Å². The Morgan fingerprint density at radius 1 is 0.947 bits per heavy atom. The van der Waals surface area contributed by atoms with Crippen molar-refractivity contribution in [3.63, 3.8) is 0 Å². The van der Waals surface area contributed by atoms with Gasteiger partial charge in [0.15, 0.2) is 0 Å². The van der Waals surface area contributed by atoms with Crippen LogP contribution in [0.1, 0.15) is 38.2 Å². The van der Waals surface area contributed by atoms with E-state index in [1.165, 1.54) is 17.0 Å². The van der Waals surface area contributed by atoms with E-state index in [1.54, 1.807) is 73.7 Å². The summed E-state index contributed by atoms with van der Waals surface area (Å²) < 4.78 is 28.5. The third-order valence-corrected chi connectivity index (χ3v) is 8.79. The molecule has 0 saturated heterocycles. The Hall–Kier alpha value is -3.36. The molecule has 1 N–H and O–H groups in total. The zero-order valence-corrected chi connectivity index (χ0v) is 22.9. The number of hydrogen-bond donors (Lipinski definition) is 1. The number of carbonyl (C=O) groups excluding carboxylic acids is 2. The van der Waals surface area contributed by atoms with Gasteiger partial charge in [-0.1, -0.05) is 73.0 Å². The molecule has 0 spiro atoms. The lowest BCUT2D eigenvalue weighted by molar-refractivity contribution is -0.139. The molecule has 0 aromatic heterocycles. The maximum absolute atomic E-state index is 13.9. The predicted molar refractivity (Wildman–Crippen MR) is 149 cm³/mol. The smallest absolute Gasteiger partial charge is 0.264 e. The van der Waals surface area contributed by atoms with Crippen LogP contribution in [-0.2, 0) is 26.2 Å². The van der Waals surface area contributed by atoms with Crippen LogP contribution in [-0.4, -0.2) is 43.8 Å². The van der Waals surface area contributed by atoms with Crippen LogP contribution in [0.25, 0.3) is 0 Å². The number of benzene rings is 3. The average Bonchev–Trinajstić information content (AvgIpc) is 3.44. The standard InChI is InChI=1S/C29H32ClN3O4S/c1-22(29(35)31-25-13-8-9-14-25)32(20-23-11-10-12-24(30)19-23)28(34)21-33(26-15-4-2-5-16-26)38(36,37)27-17-6-3-7-18-27/h2-7,10-12,15-19,22,25H,8-9,13-14,20-21H2,1H3,(H,31,35)/t22-/m0/s1. The molecule has 0 heterocycles. The van der Waals surface area contributed by atoms with E-state index in [-0.39, 0.29) is 23.4 Å². The number of amides is 2. The van der Waals surface area contributed by atoms with Crippen molar-refractivity contribution in [3.8, 4) is 0 Å². The van der Waals surface area contributed by atoms with Crippen molar-refractivity contribution in [2.24, 2.45) is 0 Å². The van der Waals surface area contributed by atoms with Crippen molar-refractivity contribution < 1.29 is 18.0 Å². The summed E-state index contributed by atoms with van der Waals surface area (Å²) in [6.07, 6.45) is 3.96. The Morgan fingerprint density at radius 3 is 2.21 bits per heavy atom. The highest BCUT2D eigenvalue weighted by molar-refractivity contribution is 7.92. The van der Waals surface area contributed by atoms with E-state index in [1.807, 2.05) is 6.07 Å². The van der Waals surface area contributed by atoms with Crippen LogP contribution >= 0.6 is 11.6 Å². The number of halogens is 1. The lowest BCUT2D eigenvalue weighted by atomic mass is 10.1. The molecule has 1 saturated carbocycles. The van der Waals surface area contributed by atoms with Gasteiger partial charge in [-0.25, -0.2) is 8.42 Å². The third kappa shape index (κ3) is 6.74. The normalized spacial score (nSPS) is 14.6. The van der Waals surface area contributed by atoms with Crippen molar-refractivity contribution in [2.45, 2.75) is 56.1 Å². The first-order valence-corrected chi connectivity index (χ1v) is 14.5. The minimum atomic E-state index is -4.06. The number of para-hydroxylation sites is 1. The molecule has 0 aliphatic heterocycles. The molecular formula is C29H32ClN3O4S. The third-order valence-electron chi connectivity index (χ3n) is 6.77. The molecule has 7 nitrogen and oxygen atoms in total. The lowest BCUT2D eigenvalue weighted by Gasteiger charge is -2.32. The highest BCUT2D eigenvalue weighted by atomic mass is 35.5. The number of sulfonamides is 1. The first-order valence-electron chi connectivity index (χ1n) is 12.7. The first-order chi connectivity index (χ1) is 18.3. The van der Waals surface area contributed by atoms with Crippen molar-refractivity contribution in [1.29, 1.82) is 0 Å². The second-order valence-corrected chi connectivity index (χ2v) is 11.8. The molecule has 200 valence electrons. The van der Waals surface area contributed by atoms with E-state index >= 15 is 0 Å². The fourth-order valence-corrected chi connectivity index (χ4v) is 6.30. The van der Waals surface area contributed by atoms with Gasteiger partial charge >= 0.3 is 0 Å². The second kappa shape index (κ2) is 12.5. The quantitative estimate of drug-likeness (QED) is 0.382. The summed E-state index contributed by atoms with van der Waals surface area (Å²) in [5, 5.41) is 3.57. The predicted octanol–water partition coefficient (Wildman–Crippen LogP) is 5.01. The van der Waals surface area contributed by atoms with E-state index in [0.717, 1.165) is 35.6 Å². The number of carbonyl (C=O) groups is 2. The fourth-order valence-electron chi connectivity index (χ4n) is 4.65. The van der Waals surface area contributed by atoms with Crippen LogP contribution in [0, 0.1) is 0 Å².